The molecule has 0 spiro atoms. The van der Waals surface area contributed by atoms with Gasteiger partial charge in [-0.3, -0.25) is 19.3 Å². The van der Waals surface area contributed by atoms with Gasteiger partial charge >= 0.3 is 0 Å². The van der Waals surface area contributed by atoms with Gasteiger partial charge in [-0.2, -0.15) is 0 Å². The van der Waals surface area contributed by atoms with Crippen molar-refractivity contribution in [1.82, 2.24) is 5.32 Å². The number of nitrogens with one attached hydrogen (secondary N) is 1. The number of furan rings is 1. The van der Waals surface area contributed by atoms with Gasteiger partial charge in [-0.05, 0) is 42.3 Å². The highest BCUT2D eigenvalue weighted by molar-refractivity contribution is 6.10. The third kappa shape index (κ3) is 4.35. The maximum absolute atomic E-state index is 13.0. The Morgan fingerprint density at radius 2 is 1.87 bits per heavy atom. The van der Waals surface area contributed by atoms with E-state index in [-0.39, 0.29) is 29.9 Å². The molecule has 1 atom stereocenters. The number of carbonyl (C=O) groups is 3. The number of ketones is 1. The van der Waals surface area contributed by atoms with Crippen molar-refractivity contribution in [1.29, 1.82) is 0 Å². The standard InChI is InChI=1S/C24H22N2O5/c1-2-19-24(29)26(15-22(27)25-14-16-7-4-3-5-8-16)18-13-17(10-11-20(18)31-19)23(28)21-9-6-12-30-21/h3-13,19H,2,14-15H2,1H3,(H,25,27). The SMILES string of the molecule is CCC1Oc2ccc(C(=O)c3ccco3)cc2N(CC(=O)NCc2ccccc2)C1=O. The Hall–Kier alpha value is -3.87. The first-order valence-electron chi connectivity index (χ1n) is 10.1. The molecule has 0 bridgehead atoms. The van der Waals surface area contributed by atoms with Gasteiger partial charge in [-0.15, -0.1) is 0 Å². The highest BCUT2D eigenvalue weighted by Gasteiger charge is 2.35. The van der Waals surface area contributed by atoms with Gasteiger partial charge in [0, 0.05) is 12.1 Å². The van der Waals surface area contributed by atoms with Gasteiger partial charge < -0.3 is 14.5 Å². The van der Waals surface area contributed by atoms with Crippen molar-refractivity contribution in [3.05, 3.63) is 83.8 Å². The van der Waals surface area contributed by atoms with Crippen LogP contribution in [0.4, 0.5) is 5.69 Å². The maximum Gasteiger partial charge on any atom is 0.268 e. The lowest BCUT2D eigenvalue weighted by atomic mass is 10.0. The molecule has 0 radical (unpaired) electrons. The van der Waals surface area contributed by atoms with Crippen molar-refractivity contribution in [3.63, 3.8) is 0 Å². The summed E-state index contributed by atoms with van der Waals surface area (Å²) in [6.45, 7) is 2.03. The summed E-state index contributed by atoms with van der Waals surface area (Å²) in [6, 6.07) is 17.6. The second kappa shape index (κ2) is 8.87. The monoisotopic (exact) mass is 418 g/mol. The molecule has 2 amide bonds. The van der Waals surface area contributed by atoms with E-state index in [1.165, 1.54) is 11.2 Å². The normalized spacial score (nSPS) is 15.2. The summed E-state index contributed by atoms with van der Waals surface area (Å²) < 4.78 is 11.0. The Morgan fingerprint density at radius 1 is 1.06 bits per heavy atom. The first kappa shape index (κ1) is 20.4. The second-order valence-electron chi connectivity index (χ2n) is 7.19. The first-order valence-corrected chi connectivity index (χ1v) is 10.1. The number of benzene rings is 2. The van der Waals surface area contributed by atoms with Crippen molar-refractivity contribution in [2.75, 3.05) is 11.4 Å². The molecule has 1 aliphatic rings. The van der Waals surface area contributed by atoms with Crippen LogP contribution in [-0.2, 0) is 16.1 Å². The number of hydrogen-bond donors (Lipinski definition) is 1. The van der Waals surface area contributed by atoms with E-state index in [1.54, 1.807) is 30.3 Å². The van der Waals surface area contributed by atoms with Crippen LogP contribution >= 0.6 is 0 Å². The zero-order chi connectivity index (χ0) is 21.8. The fourth-order valence-corrected chi connectivity index (χ4v) is 3.43. The predicted molar refractivity (Wildman–Crippen MR) is 114 cm³/mol. The Kier molecular flexibility index (Phi) is 5.84. The van der Waals surface area contributed by atoms with Crippen molar-refractivity contribution in [2.24, 2.45) is 0 Å². The second-order valence-corrected chi connectivity index (χ2v) is 7.19. The number of hydrogen-bond acceptors (Lipinski definition) is 5. The predicted octanol–water partition coefficient (Wildman–Crippen LogP) is 3.33. The highest BCUT2D eigenvalue weighted by atomic mass is 16.5. The Morgan fingerprint density at radius 3 is 2.58 bits per heavy atom. The average molecular weight is 418 g/mol. The average Bonchev–Trinajstić information content (AvgIpc) is 3.34. The number of rotatable bonds is 7. The molecule has 2 aromatic carbocycles. The largest absolute Gasteiger partial charge is 0.478 e. The van der Waals surface area contributed by atoms with Gasteiger partial charge in [0.25, 0.3) is 5.91 Å². The molecule has 1 N–H and O–H groups in total. The van der Waals surface area contributed by atoms with E-state index >= 15 is 0 Å². The zero-order valence-electron chi connectivity index (χ0n) is 17.0. The molecule has 3 aromatic rings. The smallest absolute Gasteiger partial charge is 0.268 e. The van der Waals surface area contributed by atoms with Crippen molar-refractivity contribution < 1.29 is 23.5 Å². The van der Waals surface area contributed by atoms with Gasteiger partial charge in [-0.25, -0.2) is 0 Å². The van der Waals surface area contributed by atoms with Crippen molar-refractivity contribution in [2.45, 2.75) is 26.0 Å². The van der Waals surface area contributed by atoms with Crippen LogP contribution in [0.5, 0.6) is 5.75 Å². The minimum Gasteiger partial charge on any atom is -0.478 e. The number of ether oxygens (including phenoxy) is 1. The van der Waals surface area contributed by atoms with Gasteiger partial charge in [0.1, 0.15) is 12.3 Å². The quantitative estimate of drug-likeness (QED) is 0.595. The number of nitrogens with zero attached hydrogens (tertiary/aromatic N) is 1. The maximum atomic E-state index is 13.0. The molecule has 7 heteroatoms. The number of carbonyl (C=O) groups excluding carboxylic acids is 3. The van der Waals surface area contributed by atoms with Crippen LogP contribution in [-0.4, -0.2) is 30.2 Å². The van der Waals surface area contributed by atoms with Crippen LogP contribution in [0.1, 0.15) is 35.0 Å². The third-order valence-electron chi connectivity index (χ3n) is 5.07. The topological polar surface area (TPSA) is 88.8 Å². The minimum atomic E-state index is -0.680. The molecule has 1 aromatic heterocycles. The van der Waals surface area contributed by atoms with Gasteiger partial charge in [0.2, 0.25) is 11.7 Å². The van der Waals surface area contributed by atoms with Crippen LogP contribution < -0.4 is 15.0 Å². The summed E-state index contributed by atoms with van der Waals surface area (Å²) in [7, 11) is 0. The lowest BCUT2D eigenvalue weighted by Gasteiger charge is -2.34. The third-order valence-corrected chi connectivity index (χ3v) is 5.07. The fraction of sp³-hybridized carbons (Fsp3) is 0.208. The number of fused-ring (bicyclic) bond motifs is 1. The lowest BCUT2D eigenvalue weighted by Crippen LogP contribution is -2.49. The summed E-state index contributed by atoms with van der Waals surface area (Å²) in [6.07, 6.45) is 1.21. The van der Waals surface area contributed by atoms with E-state index < -0.39 is 6.10 Å². The fourth-order valence-electron chi connectivity index (χ4n) is 3.43. The molecule has 4 rings (SSSR count). The molecular formula is C24H22N2O5. The molecule has 0 aliphatic carbocycles. The van der Waals surface area contributed by atoms with Crippen LogP contribution in [0.3, 0.4) is 0 Å². The summed E-state index contributed by atoms with van der Waals surface area (Å²) in [5.41, 5.74) is 1.69. The Labute approximate surface area is 179 Å². The van der Waals surface area contributed by atoms with E-state index in [2.05, 4.69) is 5.32 Å². The van der Waals surface area contributed by atoms with Crippen molar-refractivity contribution >= 4 is 23.3 Å². The molecule has 2 heterocycles. The zero-order valence-corrected chi connectivity index (χ0v) is 17.0. The Bertz CT molecular complexity index is 1090. The summed E-state index contributed by atoms with van der Waals surface area (Å²) in [5.74, 6) is -0.277. The molecule has 0 saturated heterocycles. The van der Waals surface area contributed by atoms with Gasteiger partial charge in [0.15, 0.2) is 11.9 Å². The highest BCUT2D eigenvalue weighted by Crippen LogP contribution is 2.36. The molecule has 158 valence electrons. The van der Waals surface area contributed by atoms with Gasteiger partial charge in [-0.1, -0.05) is 37.3 Å². The molecule has 31 heavy (non-hydrogen) atoms. The summed E-state index contributed by atoms with van der Waals surface area (Å²) in [5, 5.41) is 2.83. The van der Waals surface area contributed by atoms with E-state index in [9.17, 15) is 14.4 Å². The molecule has 1 aliphatic heterocycles. The Balaban J connectivity index is 1.57. The lowest BCUT2D eigenvalue weighted by molar-refractivity contribution is -0.129. The van der Waals surface area contributed by atoms with Crippen LogP contribution in [0, 0.1) is 0 Å². The summed E-state index contributed by atoms with van der Waals surface area (Å²) in [4.78, 5) is 39.6. The summed E-state index contributed by atoms with van der Waals surface area (Å²) >= 11 is 0. The number of anilines is 1. The number of amides is 2. The van der Waals surface area contributed by atoms with E-state index in [0.29, 0.717) is 30.0 Å². The molecule has 7 nitrogen and oxygen atoms in total. The van der Waals surface area contributed by atoms with Crippen LogP contribution in [0.25, 0.3) is 0 Å². The first-order chi connectivity index (χ1) is 15.1. The molecule has 1 unspecified atom stereocenters. The van der Waals surface area contributed by atoms with Crippen molar-refractivity contribution in [3.8, 4) is 5.75 Å². The van der Waals surface area contributed by atoms with E-state index in [4.69, 9.17) is 9.15 Å². The van der Waals surface area contributed by atoms with E-state index in [1.807, 2.05) is 37.3 Å². The van der Waals surface area contributed by atoms with Crippen LogP contribution in [0.15, 0.2) is 71.3 Å². The van der Waals surface area contributed by atoms with E-state index in [0.717, 1.165) is 5.56 Å². The van der Waals surface area contributed by atoms with Gasteiger partial charge in [0.05, 0.1) is 12.0 Å². The van der Waals surface area contributed by atoms with Crippen LogP contribution in [0.2, 0.25) is 0 Å². The molecular weight excluding hydrogens is 396 g/mol. The molecule has 0 saturated carbocycles. The minimum absolute atomic E-state index is 0.170. The molecule has 0 fully saturated rings.